The van der Waals surface area contributed by atoms with E-state index in [9.17, 15) is 34.8 Å². The molecule has 1 saturated heterocycles. The second kappa shape index (κ2) is 17.7. The van der Waals surface area contributed by atoms with E-state index in [-0.39, 0.29) is 60.4 Å². The molecule has 0 aliphatic carbocycles. The average Bonchev–Trinajstić information content (AvgIpc) is 3.99. The van der Waals surface area contributed by atoms with Gasteiger partial charge in [-0.1, -0.05) is 6.58 Å². The number of carbonyl (C=O) groups is 3. The molecule has 2 aromatic carbocycles. The summed E-state index contributed by atoms with van der Waals surface area (Å²) in [5.41, 5.74) is 4.97. The molecule has 3 amide bonds. The third-order valence-corrected chi connectivity index (χ3v) is 14.3. The number of aryl methyl sites for hydroxylation is 2. The molecule has 5 heterocycles. The van der Waals surface area contributed by atoms with Crippen molar-refractivity contribution in [3.63, 3.8) is 0 Å². The second-order valence-corrected chi connectivity index (χ2v) is 17.7. The Morgan fingerprint density at radius 1 is 0.898 bits per heavy atom. The van der Waals surface area contributed by atoms with Crippen LogP contribution in [0.25, 0.3) is 20.2 Å². The van der Waals surface area contributed by atoms with Crippen LogP contribution < -0.4 is 24.6 Å². The number of benzene rings is 2. The van der Waals surface area contributed by atoms with E-state index in [1.54, 1.807) is 36.0 Å². The lowest BCUT2D eigenvalue weighted by Crippen LogP contribution is -2.59. The van der Waals surface area contributed by atoms with E-state index in [0.717, 1.165) is 37.7 Å². The van der Waals surface area contributed by atoms with Crippen LogP contribution >= 0.6 is 45.9 Å². The van der Waals surface area contributed by atoms with Crippen molar-refractivity contribution in [2.45, 2.75) is 75.7 Å². The molecule has 1 fully saturated rings. The number of rotatable bonds is 13. The lowest BCUT2D eigenvalue weighted by atomic mass is 9.96. The number of anilines is 2. The first kappa shape index (κ1) is 43.4. The average molecular weight is 892 g/mol. The van der Waals surface area contributed by atoms with E-state index in [1.807, 2.05) is 24.6 Å². The van der Waals surface area contributed by atoms with Crippen molar-refractivity contribution >= 4 is 95.3 Å². The monoisotopic (exact) mass is 890 g/mol. The molecular formula is C41H48Cl2N4O10S2. The number of thiophene rings is 2. The lowest BCUT2D eigenvalue weighted by molar-refractivity contribution is -0.268. The molecule has 3 aliphatic heterocycles. The normalized spacial score (nSPS) is 23.8. The summed E-state index contributed by atoms with van der Waals surface area (Å²) in [5, 5.41) is 50.4. The van der Waals surface area contributed by atoms with Gasteiger partial charge in [0.1, 0.15) is 35.9 Å². The van der Waals surface area contributed by atoms with Crippen LogP contribution in [0, 0.1) is 13.8 Å². The number of carbonyl (C=O) groups excluding carboxylic acids is 3. The number of amides is 3. The number of hydrogen-bond donors (Lipinski definition) is 5. The smallest absolute Gasteiger partial charge is 0.415 e. The Morgan fingerprint density at radius 2 is 1.42 bits per heavy atom. The minimum atomic E-state index is -1.70. The van der Waals surface area contributed by atoms with Crippen LogP contribution in [0.3, 0.4) is 0 Å². The number of halogens is 2. The van der Waals surface area contributed by atoms with Gasteiger partial charge in [0.15, 0.2) is 5.75 Å². The van der Waals surface area contributed by atoms with Crippen molar-refractivity contribution in [1.29, 1.82) is 0 Å². The van der Waals surface area contributed by atoms with Gasteiger partial charge in [-0.25, -0.2) is 4.79 Å². The molecule has 59 heavy (non-hydrogen) atoms. The van der Waals surface area contributed by atoms with Crippen molar-refractivity contribution in [3.8, 4) is 11.5 Å². The number of aliphatic hydroxyl groups excluding tert-OH is 4. The topological polar surface area (TPSA) is 182 Å². The van der Waals surface area contributed by atoms with E-state index in [0.29, 0.717) is 48.0 Å². The number of ether oxygens (including phenoxy) is 3. The molecular weight excluding hydrogens is 844 g/mol. The lowest BCUT2D eigenvalue weighted by Gasteiger charge is -2.39. The van der Waals surface area contributed by atoms with Gasteiger partial charge in [0.2, 0.25) is 18.1 Å². The van der Waals surface area contributed by atoms with Gasteiger partial charge in [0.25, 0.3) is 0 Å². The first-order valence-corrected chi connectivity index (χ1v) is 22.2. The highest BCUT2D eigenvalue weighted by molar-refractivity contribution is 7.18. The molecule has 14 nitrogen and oxygen atoms in total. The number of fused-ring (bicyclic) bond motifs is 6. The summed E-state index contributed by atoms with van der Waals surface area (Å²) >= 11 is 15.9. The van der Waals surface area contributed by atoms with Crippen molar-refractivity contribution in [3.05, 3.63) is 57.5 Å². The van der Waals surface area contributed by atoms with Crippen molar-refractivity contribution < 1.29 is 49.0 Å². The molecule has 5 N–H and O–H groups in total. The number of nitrogens with zero attached hydrogens (tertiary/aromatic N) is 3. The summed E-state index contributed by atoms with van der Waals surface area (Å²) in [6.07, 6.45) is -8.05. The minimum absolute atomic E-state index is 0.0516. The fourth-order valence-corrected chi connectivity index (χ4v) is 10.8. The van der Waals surface area contributed by atoms with Crippen LogP contribution in [0.5, 0.6) is 11.5 Å². The summed E-state index contributed by atoms with van der Waals surface area (Å²) in [6.45, 7) is 9.04. The molecule has 7 rings (SSSR count). The van der Waals surface area contributed by atoms with E-state index < -0.39 is 42.6 Å². The fraction of sp³-hybridized carbons (Fsp3) is 0.488. The maximum atomic E-state index is 14.1. The molecule has 0 unspecified atom stereocenters. The molecule has 18 heteroatoms. The van der Waals surface area contributed by atoms with Gasteiger partial charge in [-0.2, -0.15) is 0 Å². The number of alkyl halides is 2. The molecule has 7 atom stereocenters. The Morgan fingerprint density at radius 3 is 1.93 bits per heavy atom. The third-order valence-electron chi connectivity index (χ3n) is 11.3. The SMILES string of the molecule is C=C(O)[C@H]1O[C@@H](Oc2cc3c(c4c(C)csc24)[C@H](CCl)CN3C(=O)CCCC(=O)N2C[C@@H](CCl)c3c2cc(OC(=O)N(C)CCNC)c2scc(C)c32)[C@H](O)[C@@H](O)[C@@H]1O. The molecule has 0 saturated carbocycles. The van der Waals surface area contributed by atoms with Crippen LogP contribution in [-0.2, 0) is 14.3 Å². The molecule has 318 valence electrons. The van der Waals surface area contributed by atoms with Crippen molar-refractivity contribution in [2.75, 3.05) is 61.8 Å². The van der Waals surface area contributed by atoms with Gasteiger partial charge in [-0.3, -0.25) is 9.59 Å². The summed E-state index contributed by atoms with van der Waals surface area (Å²) < 4.78 is 19.3. The standard InChI is InChI=1S/C41H48Cl2N4O10S2/c1-19-17-58-38-26(55-40-36(53)34(51)35(52)37(57-40)21(3)48)11-24-32(30(19)38)22(13-42)15-46(24)28(49)7-6-8-29(50)47-16-23(14-43)33-25(47)12-27(39-31(33)20(2)18-59-39)56-41(54)45(5)10-9-44-4/h11-12,17-18,22-23,34-37,40,44,48,51-53H,3,6-10,13-16H2,1-2,4-5H3/t22-,23-,34+,35+,36-,37-,40-/m1/s1. The summed E-state index contributed by atoms with van der Waals surface area (Å²) in [4.78, 5) is 46.0. The Bertz CT molecular complexity index is 2280. The highest BCUT2D eigenvalue weighted by Crippen LogP contribution is 2.51. The number of likely N-dealkylation sites (N-methyl/N-ethyl adjacent to an activating group) is 2. The Kier molecular flexibility index (Phi) is 13.0. The van der Waals surface area contributed by atoms with Crippen LogP contribution in [-0.4, -0.2) is 126 Å². The molecule has 4 aromatic rings. The van der Waals surface area contributed by atoms with Gasteiger partial charge < -0.3 is 54.7 Å². The van der Waals surface area contributed by atoms with E-state index in [2.05, 4.69) is 11.9 Å². The minimum Gasteiger partial charge on any atom is -0.510 e. The predicted molar refractivity (Wildman–Crippen MR) is 230 cm³/mol. The Labute approximate surface area is 359 Å². The highest BCUT2D eigenvalue weighted by Gasteiger charge is 2.47. The highest BCUT2D eigenvalue weighted by atomic mass is 35.5. The first-order valence-electron chi connectivity index (χ1n) is 19.3. The van der Waals surface area contributed by atoms with Gasteiger partial charge in [-0.05, 0) is 60.3 Å². The summed E-state index contributed by atoms with van der Waals surface area (Å²) in [7, 11) is 3.47. The van der Waals surface area contributed by atoms with Gasteiger partial charge >= 0.3 is 6.09 Å². The first-order chi connectivity index (χ1) is 28.2. The number of nitrogens with one attached hydrogen (secondary N) is 1. The predicted octanol–water partition coefficient (Wildman–Crippen LogP) is 5.85. The van der Waals surface area contributed by atoms with Crippen molar-refractivity contribution in [1.82, 2.24) is 10.2 Å². The molecule has 3 aliphatic rings. The van der Waals surface area contributed by atoms with Crippen LogP contribution in [0.4, 0.5) is 16.2 Å². The van der Waals surface area contributed by atoms with E-state index in [1.165, 1.54) is 27.6 Å². The summed E-state index contributed by atoms with van der Waals surface area (Å²) in [6, 6.07) is 3.44. The van der Waals surface area contributed by atoms with Crippen LogP contribution in [0.15, 0.2) is 35.2 Å². The quantitative estimate of drug-likeness (QED) is 0.0803. The van der Waals surface area contributed by atoms with E-state index in [4.69, 9.17) is 37.4 Å². The number of hydrogen-bond acceptors (Lipinski definition) is 13. The van der Waals surface area contributed by atoms with Gasteiger partial charge in [-0.15, -0.1) is 45.9 Å². The fourth-order valence-electron chi connectivity index (χ4n) is 8.24. The summed E-state index contributed by atoms with van der Waals surface area (Å²) in [5.74, 6) is -0.116. The third kappa shape index (κ3) is 7.99. The molecule has 0 spiro atoms. The van der Waals surface area contributed by atoms with Crippen LogP contribution in [0.1, 0.15) is 53.4 Å². The van der Waals surface area contributed by atoms with Crippen molar-refractivity contribution in [2.24, 2.45) is 0 Å². The zero-order valence-electron chi connectivity index (χ0n) is 33.1. The molecule has 0 radical (unpaired) electrons. The van der Waals surface area contributed by atoms with Crippen LogP contribution in [0.2, 0.25) is 0 Å². The Hall–Kier alpha value is -3.71. The molecule has 2 aromatic heterocycles. The molecule has 0 bridgehead atoms. The zero-order chi connectivity index (χ0) is 42.4. The maximum Gasteiger partial charge on any atom is 0.415 e. The maximum absolute atomic E-state index is 14.1. The Balaban J connectivity index is 1.11. The van der Waals surface area contributed by atoms with E-state index >= 15 is 0 Å². The van der Waals surface area contributed by atoms with Gasteiger partial charge in [0, 0.05) is 92.6 Å². The zero-order valence-corrected chi connectivity index (χ0v) is 36.2. The largest absolute Gasteiger partial charge is 0.510 e. The van der Waals surface area contributed by atoms with Gasteiger partial charge in [0.05, 0.1) is 20.8 Å². The number of aliphatic hydroxyl groups is 4. The second-order valence-electron chi connectivity index (χ2n) is 15.3.